The highest BCUT2D eigenvalue weighted by Crippen LogP contribution is 2.28. The van der Waals surface area contributed by atoms with E-state index in [1.165, 1.54) is 6.07 Å². The fraction of sp³-hybridized carbons (Fsp3) is 0.500. The van der Waals surface area contributed by atoms with Crippen LogP contribution in [-0.4, -0.2) is 25.5 Å². The normalized spacial score (nSPS) is 22.8. The molecule has 21 heavy (non-hydrogen) atoms. The molecule has 1 saturated carbocycles. The summed E-state index contributed by atoms with van der Waals surface area (Å²) in [6.07, 6.45) is 2.97. The van der Waals surface area contributed by atoms with Crippen molar-refractivity contribution >= 4 is 21.7 Å². The van der Waals surface area contributed by atoms with E-state index in [1.807, 2.05) is 0 Å². The number of nitrogens with two attached hydrogens (primary N) is 1. The summed E-state index contributed by atoms with van der Waals surface area (Å²) in [4.78, 5) is 11.2. The highest BCUT2D eigenvalue weighted by atomic mass is 32.2. The minimum Gasteiger partial charge on any atom is -0.481 e. The Morgan fingerprint density at radius 2 is 2.10 bits per heavy atom. The van der Waals surface area contributed by atoms with Gasteiger partial charge in [0.1, 0.15) is 0 Å². The molecule has 6 nitrogen and oxygen atoms in total. The van der Waals surface area contributed by atoms with Crippen molar-refractivity contribution in [3.05, 3.63) is 23.8 Å². The Bertz CT molecular complexity index is 642. The van der Waals surface area contributed by atoms with Crippen molar-refractivity contribution in [1.29, 1.82) is 0 Å². The molecule has 116 valence electrons. The predicted molar refractivity (Wildman–Crippen MR) is 79.6 cm³/mol. The minimum atomic E-state index is -3.76. The number of primary sulfonamides is 1. The van der Waals surface area contributed by atoms with Gasteiger partial charge in [-0.2, -0.15) is 0 Å². The Labute approximate surface area is 124 Å². The van der Waals surface area contributed by atoms with Crippen molar-refractivity contribution in [3.8, 4) is 0 Å². The van der Waals surface area contributed by atoms with E-state index >= 15 is 0 Å². The van der Waals surface area contributed by atoms with E-state index in [4.69, 9.17) is 10.2 Å². The summed E-state index contributed by atoms with van der Waals surface area (Å²) in [6, 6.07) is 5.03. The van der Waals surface area contributed by atoms with Gasteiger partial charge in [0.05, 0.1) is 10.8 Å². The van der Waals surface area contributed by atoms with Crippen molar-refractivity contribution in [2.45, 2.75) is 43.5 Å². The molecule has 2 atom stereocenters. The molecule has 1 aromatic rings. The molecule has 0 bridgehead atoms. The number of aryl methyl sites for hydroxylation is 1. The maximum Gasteiger partial charge on any atom is 0.306 e. The Kier molecular flexibility index (Phi) is 4.53. The van der Waals surface area contributed by atoms with Crippen molar-refractivity contribution in [2.75, 3.05) is 5.32 Å². The average Bonchev–Trinajstić information content (AvgIpc) is 2.40. The smallest absolute Gasteiger partial charge is 0.306 e. The number of aliphatic carboxylic acids is 1. The molecule has 7 heteroatoms. The number of anilines is 1. The van der Waals surface area contributed by atoms with Gasteiger partial charge in [0.2, 0.25) is 10.0 Å². The highest BCUT2D eigenvalue weighted by molar-refractivity contribution is 7.89. The Morgan fingerprint density at radius 3 is 2.71 bits per heavy atom. The van der Waals surface area contributed by atoms with Crippen LogP contribution in [0.4, 0.5) is 5.69 Å². The lowest BCUT2D eigenvalue weighted by atomic mass is 9.85. The molecular weight excluding hydrogens is 292 g/mol. The van der Waals surface area contributed by atoms with Gasteiger partial charge in [-0.25, -0.2) is 13.6 Å². The number of nitrogens with one attached hydrogen (secondary N) is 1. The predicted octanol–water partition coefficient (Wildman–Crippen LogP) is 1.70. The summed E-state index contributed by atoms with van der Waals surface area (Å²) in [5, 5.41) is 17.5. The van der Waals surface area contributed by atoms with Crippen LogP contribution in [0.5, 0.6) is 0 Å². The molecular formula is C14H20N2O4S. The van der Waals surface area contributed by atoms with E-state index in [0.29, 0.717) is 24.1 Å². The monoisotopic (exact) mass is 312 g/mol. The quantitative estimate of drug-likeness (QED) is 0.784. The summed E-state index contributed by atoms with van der Waals surface area (Å²) in [6.45, 7) is 1.69. The summed E-state index contributed by atoms with van der Waals surface area (Å²) in [5.74, 6) is -1.10. The summed E-state index contributed by atoms with van der Waals surface area (Å²) in [7, 11) is -3.76. The van der Waals surface area contributed by atoms with Gasteiger partial charge in [0.15, 0.2) is 0 Å². The van der Waals surface area contributed by atoms with Crippen LogP contribution < -0.4 is 10.5 Å². The molecule has 0 aliphatic heterocycles. The molecule has 0 saturated heterocycles. The molecule has 1 aliphatic carbocycles. The number of carboxylic acid groups (broad SMARTS) is 1. The van der Waals surface area contributed by atoms with Crippen LogP contribution in [0.1, 0.15) is 31.2 Å². The number of rotatable bonds is 4. The fourth-order valence-electron chi connectivity index (χ4n) is 2.78. The first-order valence-electron chi connectivity index (χ1n) is 6.90. The largest absolute Gasteiger partial charge is 0.481 e. The van der Waals surface area contributed by atoms with E-state index < -0.39 is 16.0 Å². The molecule has 1 aromatic carbocycles. The standard InChI is InChI=1S/C14H20N2O4S/c1-9-5-6-12(8-13(9)21(15,19)20)16-11-4-2-3-10(7-11)14(17)18/h5-6,8,10-11,16H,2-4,7H2,1H3,(H,17,18)(H2,15,19,20). The molecule has 0 heterocycles. The first kappa shape index (κ1) is 15.8. The fourth-order valence-corrected chi connectivity index (χ4v) is 3.59. The SMILES string of the molecule is Cc1ccc(NC2CCCC(C(=O)O)C2)cc1S(N)(=O)=O. The van der Waals surface area contributed by atoms with E-state index in [2.05, 4.69) is 5.32 Å². The molecule has 1 fully saturated rings. The van der Waals surface area contributed by atoms with Crippen LogP contribution in [0.2, 0.25) is 0 Å². The summed E-state index contributed by atoms with van der Waals surface area (Å²) >= 11 is 0. The maximum atomic E-state index is 11.5. The zero-order valence-electron chi connectivity index (χ0n) is 11.9. The minimum absolute atomic E-state index is 0.0379. The van der Waals surface area contributed by atoms with Gasteiger partial charge < -0.3 is 10.4 Å². The molecule has 0 radical (unpaired) electrons. The van der Waals surface area contributed by atoms with Gasteiger partial charge in [-0.3, -0.25) is 4.79 Å². The van der Waals surface area contributed by atoms with E-state index in [0.717, 1.165) is 12.8 Å². The third kappa shape index (κ3) is 3.95. The van der Waals surface area contributed by atoms with Gasteiger partial charge in [0.25, 0.3) is 0 Å². The second-order valence-electron chi connectivity index (χ2n) is 5.57. The van der Waals surface area contributed by atoms with E-state index in [-0.39, 0.29) is 16.9 Å². The summed E-state index contributed by atoms with van der Waals surface area (Å²) < 4.78 is 23.0. The van der Waals surface area contributed by atoms with Crippen LogP contribution in [-0.2, 0) is 14.8 Å². The average molecular weight is 312 g/mol. The number of carboxylic acids is 1. The Balaban J connectivity index is 2.15. The second kappa shape index (κ2) is 6.03. The number of sulfonamides is 1. The van der Waals surface area contributed by atoms with Gasteiger partial charge in [-0.05, 0) is 43.9 Å². The van der Waals surface area contributed by atoms with Crippen molar-refractivity contribution < 1.29 is 18.3 Å². The van der Waals surface area contributed by atoms with Crippen LogP contribution in [0.3, 0.4) is 0 Å². The zero-order chi connectivity index (χ0) is 15.6. The molecule has 0 spiro atoms. The lowest BCUT2D eigenvalue weighted by Crippen LogP contribution is -2.31. The molecule has 2 rings (SSSR count). The lowest BCUT2D eigenvalue weighted by Gasteiger charge is -2.28. The number of hydrogen-bond acceptors (Lipinski definition) is 4. The zero-order valence-corrected chi connectivity index (χ0v) is 12.7. The number of hydrogen-bond donors (Lipinski definition) is 3. The van der Waals surface area contributed by atoms with E-state index in [1.54, 1.807) is 19.1 Å². The van der Waals surface area contributed by atoms with Crippen LogP contribution in [0.25, 0.3) is 0 Å². The second-order valence-corrected chi connectivity index (χ2v) is 7.10. The van der Waals surface area contributed by atoms with Crippen LogP contribution >= 0.6 is 0 Å². The van der Waals surface area contributed by atoms with Crippen LogP contribution in [0, 0.1) is 12.8 Å². The molecule has 2 unspecified atom stereocenters. The van der Waals surface area contributed by atoms with Crippen LogP contribution in [0.15, 0.2) is 23.1 Å². The Morgan fingerprint density at radius 1 is 1.38 bits per heavy atom. The van der Waals surface area contributed by atoms with Gasteiger partial charge in [-0.15, -0.1) is 0 Å². The van der Waals surface area contributed by atoms with Crippen molar-refractivity contribution in [2.24, 2.45) is 11.1 Å². The van der Waals surface area contributed by atoms with Gasteiger partial charge >= 0.3 is 5.97 Å². The topological polar surface area (TPSA) is 109 Å². The van der Waals surface area contributed by atoms with Crippen molar-refractivity contribution in [1.82, 2.24) is 0 Å². The van der Waals surface area contributed by atoms with Gasteiger partial charge in [0, 0.05) is 11.7 Å². The molecule has 0 amide bonds. The molecule has 0 aromatic heterocycles. The number of benzene rings is 1. The maximum absolute atomic E-state index is 11.5. The first-order valence-corrected chi connectivity index (χ1v) is 8.45. The first-order chi connectivity index (χ1) is 9.77. The van der Waals surface area contributed by atoms with E-state index in [9.17, 15) is 13.2 Å². The Hall–Kier alpha value is -1.60. The lowest BCUT2D eigenvalue weighted by molar-refractivity contribution is -0.142. The van der Waals surface area contributed by atoms with Crippen molar-refractivity contribution in [3.63, 3.8) is 0 Å². The third-order valence-corrected chi connectivity index (χ3v) is 4.94. The third-order valence-electron chi connectivity index (χ3n) is 3.89. The molecule has 4 N–H and O–H groups in total. The molecule has 1 aliphatic rings. The highest BCUT2D eigenvalue weighted by Gasteiger charge is 2.27. The summed E-state index contributed by atoms with van der Waals surface area (Å²) in [5.41, 5.74) is 1.25. The number of carbonyl (C=O) groups is 1. The van der Waals surface area contributed by atoms with Gasteiger partial charge in [-0.1, -0.05) is 12.5 Å².